The Balaban J connectivity index is 1.73. The Morgan fingerprint density at radius 2 is 2.22 bits per heavy atom. The van der Waals surface area contributed by atoms with Crippen molar-refractivity contribution in [1.82, 2.24) is 4.57 Å². The fourth-order valence-electron chi connectivity index (χ4n) is 3.04. The summed E-state index contributed by atoms with van der Waals surface area (Å²) in [6, 6.07) is 7.36. The number of aromatic nitrogens is 1. The summed E-state index contributed by atoms with van der Waals surface area (Å²) >= 11 is 0. The van der Waals surface area contributed by atoms with E-state index in [1.54, 1.807) is 16.8 Å². The number of amides is 1. The van der Waals surface area contributed by atoms with E-state index in [0.717, 1.165) is 29.4 Å². The largest absolute Gasteiger partial charge is 0.480 e. The van der Waals surface area contributed by atoms with Crippen molar-refractivity contribution in [3.63, 3.8) is 0 Å². The second-order valence-electron chi connectivity index (χ2n) is 6.00. The van der Waals surface area contributed by atoms with Gasteiger partial charge in [-0.3, -0.25) is 9.59 Å². The van der Waals surface area contributed by atoms with Crippen LogP contribution in [0.3, 0.4) is 0 Å². The highest BCUT2D eigenvalue weighted by atomic mass is 16.5. The third-order valence-electron chi connectivity index (χ3n) is 4.20. The van der Waals surface area contributed by atoms with Gasteiger partial charge in [0.2, 0.25) is 5.91 Å². The molecular weight excluding hydrogens is 296 g/mol. The van der Waals surface area contributed by atoms with Crippen molar-refractivity contribution in [2.45, 2.75) is 32.4 Å². The Kier molecular flexibility index (Phi) is 4.34. The maximum Gasteiger partial charge on any atom is 0.323 e. The maximum atomic E-state index is 12.4. The normalized spacial score (nSPS) is 21.3. The van der Waals surface area contributed by atoms with E-state index in [9.17, 15) is 9.59 Å². The number of hydrogen-bond acceptors (Lipinski definition) is 3. The standard InChI is InChI=1S/C17H20N2O4/c1-11-8-13(5-7-23-11)17(22)18-14-2-3-15-12(9-14)4-6-19(15)10-16(20)21/h2-4,6,9,11,13H,5,7-8,10H2,1H3,(H,18,22)(H,20,21). The van der Waals surface area contributed by atoms with Crippen molar-refractivity contribution in [2.75, 3.05) is 11.9 Å². The lowest BCUT2D eigenvalue weighted by Gasteiger charge is -2.26. The van der Waals surface area contributed by atoms with Crippen LogP contribution in [0.1, 0.15) is 19.8 Å². The maximum absolute atomic E-state index is 12.4. The molecule has 2 atom stereocenters. The first-order valence-electron chi connectivity index (χ1n) is 7.76. The number of nitrogens with zero attached hydrogens (tertiary/aromatic N) is 1. The molecule has 1 aromatic carbocycles. The first-order valence-corrected chi connectivity index (χ1v) is 7.76. The van der Waals surface area contributed by atoms with Crippen LogP contribution >= 0.6 is 0 Å². The molecule has 6 nitrogen and oxygen atoms in total. The molecule has 1 saturated heterocycles. The van der Waals surface area contributed by atoms with Crippen molar-refractivity contribution < 1.29 is 19.4 Å². The number of hydrogen-bond donors (Lipinski definition) is 2. The van der Waals surface area contributed by atoms with Crippen LogP contribution in [0.2, 0.25) is 0 Å². The fourth-order valence-corrected chi connectivity index (χ4v) is 3.04. The minimum Gasteiger partial charge on any atom is -0.480 e. The van der Waals surface area contributed by atoms with Crippen molar-refractivity contribution in [1.29, 1.82) is 0 Å². The van der Waals surface area contributed by atoms with Crippen LogP contribution in [0.4, 0.5) is 5.69 Å². The topological polar surface area (TPSA) is 80.6 Å². The molecule has 0 aliphatic carbocycles. The summed E-state index contributed by atoms with van der Waals surface area (Å²) in [6.07, 6.45) is 3.34. The van der Waals surface area contributed by atoms with Gasteiger partial charge in [-0.1, -0.05) is 0 Å². The van der Waals surface area contributed by atoms with Crippen LogP contribution < -0.4 is 5.32 Å². The lowest BCUT2D eigenvalue weighted by molar-refractivity contribution is -0.137. The van der Waals surface area contributed by atoms with E-state index in [2.05, 4.69) is 5.32 Å². The summed E-state index contributed by atoms with van der Waals surface area (Å²) in [5, 5.41) is 12.8. The van der Waals surface area contributed by atoms with E-state index in [1.165, 1.54) is 0 Å². The van der Waals surface area contributed by atoms with Gasteiger partial charge in [-0.2, -0.15) is 0 Å². The Morgan fingerprint density at radius 3 is 2.96 bits per heavy atom. The zero-order valence-corrected chi connectivity index (χ0v) is 13.0. The quantitative estimate of drug-likeness (QED) is 0.908. The van der Waals surface area contributed by atoms with Gasteiger partial charge in [0.25, 0.3) is 0 Å². The van der Waals surface area contributed by atoms with E-state index < -0.39 is 5.97 Å². The summed E-state index contributed by atoms with van der Waals surface area (Å²) in [5.74, 6) is -0.885. The van der Waals surface area contributed by atoms with Crippen LogP contribution in [0, 0.1) is 5.92 Å². The summed E-state index contributed by atoms with van der Waals surface area (Å²) in [6.45, 7) is 2.53. The number of carboxylic acid groups (broad SMARTS) is 1. The molecule has 2 unspecified atom stereocenters. The Morgan fingerprint density at radius 1 is 1.39 bits per heavy atom. The van der Waals surface area contributed by atoms with E-state index in [1.807, 2.05) is 25.1 Å². The SMILES string of the molecule is CC1CC(C(=O)Nc2ccc3c(ccn3CC(=O)O)c2)CCO1. The number of rotatable bonds is 4. The number of benzene rings is 1. The highest BCUT2D eigenvalue weighted by Crippen LogP contribution is 2.24. The minimum absolute atomic E-state index is 0.0180. The number of nitrogens with one attached hydrogen (secondary N) is 1. The smallest absolute Gasteiger partial charge is 0.323 e. The minimum atomic E-state index is -0.881. The molecule has 3 rings (SSSR count). The van der Waals surface area contributed by atoms with Crippen molar-refractivity contribution >= 4 is 28.5 Å². The van der Waals surface area contributed by atoms with Crippen LogP contribution in [0.15, 0.2) is 30.5 Å². The molecule has 0 spiro atoms. The van der Waals surface area contributed by atoms with Gasteiger partial charge in [0.05, 0.1) is 6.10 Å². The van der Waals surface area contributed by atoms with Gasteiger partial charge >= 0.3 is 5.97 Å². The third-order valence-corrected chi connectivity index (χ3v) is 4.20. The highest BCUT2D eigenvalue weighted by Gasteiger charge is 2.25. The van der Waals surface area contributed by atoms with Crippen LogP contribution in [0.25, 0.3) is 10.9 Å². The second kappa shape index (κ2) is 6.42. The summed E-state index contributed by atoms with van der Waals surface area (Å²) < 4.78 is 7.14. The van der Waals surface area contributed by atoms with Crippen molar-refractivity contribution in [2.24, 2.45) is 5.92 Å². The number of fused-ring (bicyclic) bond motifs is 1. The second-order valence-corrected chi connectivity index (χ2v) is 6.00. The molecule has 0 radical (unpaired) electrons. The molecule has 23 heavy (non-hydrogen) atoms. The fraction of sp³-hybridized carbons (Fsp3) is 0.412. The Labute approximate surface area is 134 Å². The molecule has 0 bridgehead atoms. The van der Waals surface area contributed by atoms with Gasteiger partial charge in [-0.15, -0.1) is 0 Å². The van der Waals surface area contributed by atoms with Crippen molar-refractivity contribution in [3.8, 4) is 0 Å². The molecule has 1 fully saturated rings. The first-order chi connectivity index (χ1) is 11.0. The predicted molar refractivity (Wildman–Crippen MR) is 86.3 cm³/mol. The molecule has 1 aliphatic rings. The molecule has 1 aromatic heterocycles. The van der Waals surface area contributed by atoms with Gasteiger partial charge in [0.1, 0.15) is 6.54 Å². The van der Waals surface area contributed by atoms with Gasteiger partial charge in [-0.05, 0) is 44.0 Å². The van der Waals surface area contributed by atoms with Crippen molar-refractivity contribution in [3.05, 3.63) is 30.5 Å². The van der Waals surface area contributed by atoms with Gasteiger partial charge in [0, 0.05) is 35.3 Å². The Bertz CT molecular complexity index is 737. The number of aliphatic carboxylic acids is 1. The monoisotopic (exact) mass is 316 g/mol. The average Bonchev–Trinajstić information content (AvgIpc) is 2.89. The van der Waals surface area contributed by atoms with Gasteiger partial charge in [0.15, 0.2) is 0 Å². The number of carbonyl (C=O) groups is 2. The molecule has 2 N–H and O–H groups in total. The molecular formula is C17H20N2O4. The number of carbonyl (C=O) groups excluding carboxylic acids is 1. The van der Waals surface area contributed by atoms with E-state index in [4.69, 9.17) is 9.84 Å². The lowest BCUT2D eigenvalue weighted by Crippen LogP contribution is -2.32. The molecule has 2 aromatic rings. The highest BCUT2D eigenvalue weighted by molar-refractivity contribution is 5.95. The number of anilines is 1. The lowest BCUT2D eigenvalue weighted by atomic mass is 9.95. The Hall–Kier alpha value is -2.34. The van der Waals surface area contributed by atoms with Crippen LogP contribution in [0.5, 0.6) is 0 Å². The summed E-state index contributed by atoms with van der Waals surface area (Å²) in [4.78, 5) is 23.2. The molecule has 1 amide bonds. The van der Waals surface area contributed by atoms with E-state index in [-0.39, 0.29) is 24.5 Å². The van der Waals surface area contributed by atoms with Crippen LogP contribution in [-0.4, -0.2) is 34.3 Å². The van der Waals surface area contributed by atoms with Gasteiger partial charge < -0.3 is 19.7 Å². The summed E-state index contributed by atoms with van der Waals surface area (Å²) in [5.41, 5.74) is 1.57. The van der Waals surface area contributed by atoms with Gasteiger partial charge in [-0.25, -0.2) is 0 Å². The summed E-state index contributed by atoms with van der Waals surface area (Å²) in [7, 11) is 0. The zero-order chi connectivity index (χ0) is 16.4. The molecule has 6 heteroatoms. The van der Waals surface area contributed by atoms with E-state index in [0.29, 0.717) is 6.61 Å². The van der Waals surface area contributed by atoms with E-state index >= 15 is 0 Å². The molecule has 2 heterocycles. The third kappa shape index (κ3) is 3.53. The molecule has 122 valence electrons. The first kappa shape index (κ1) is 15.6. The predicted octanol–water partition coefficient (Wildman–Crippen LogP) is 2.48. The number of ether oxygens (including phenoxy) is 1. The average molecular weight is 316 g/mol. The molecule has 0 saturated carbocycles. The van der Waals surface area contributed by atoms with Crippen LogP contribution in [-0.2, 0) is 20.9 Å². The molecule has 1 aliphatic heterocycles. The zero-order valence-electron chi connectivity index (χ0n) is 13.0. The number of carboxylic acids is 1.